The number of carboxylic acid groups (broad SMARTS) is 1. The van der Waals surface area contributed by atoms with E-state index in [-0.39, 0.29) is 23.0 Å². The molecule has 0 radical (unpaired) electrons. The monoisotopic (exact) mass is 260 g/mol. The van der Waals surface area contributed by atoms with Crippen molar-refractivity contribution >= 4 is 23.3 Å². The van der Waals surface area contributed by atoms with E-state index in [0.29, 0.717) is 0 Å². The molecule has 1 unspecified atom stereocenters. The Labute approximate surface area is 101 Å². The molecule has 3 N–H and O–H groups in total. The summed E-state index contributed by atoms with van der Waals surface area (Å²) in [6.45, 7) is -0.269. The molecule has 0 fully saturated rings. The lowest BCUT2D eigenvalue weighted by molar-refractivity contribution is -0.384. The van der Waals surface area contributed by atoms with Crippen molar-refractivity contribution in [3.05, 3.63) is 33.3 Å². The number of nitro groups is 1. The van der Waals surface area contributed by atoms with Gasteiger partial charge in [-0.3, -0.25) is 10.1 Å². The fraction of sp³-hybridized carbons (Fsp3) is 0.222. The number of hydrogen-bond donors (Lipinski definition) is 2. The number of carboxylic acids is 1. The molecule has 0 saturated carbocycles. The van der Waals surface area contributed by atoms with Crippen LogP contribution in [0, 0.1) is 10.1 Å². The van der Waals surface area contributed by atoms with Gasteiger partial charge >= 0.3 is 5.97 Å². The molecule has 0 aromatic heterocycles. The maximum Gasteiger partial charge on any atom is 0.346 e. The first-order chi connectivity index (χ1) is 7.95. The summed E-state index contributed by atoms with van der Waals surface area (Å²) in [4.78, 5) is 20.6. The Morgan fingerprint density at radius 1 is 1.65 bits per heavy atom. The third kappa shape index (κ3) is 3.30. The van der Waals surface area contributed by atoms with E-state index in [1.165, 1.54) is 12.1 Å². The summed E-state index contributed by atoms with van der Waals surface area (Å²) in [5.41, 5.74) is 4.94. The zero-order valence-electron chi connectivity index (χ0n) is 8.50. The molecule has 1 aromatic carbocycles. The molecule has 17 heavy (non-hydrogen) atoms. The van der Waals surface area contributed by atoms with Crippen molar-refractivity contribution in [1.82, 2.24) is 0 Å². The van der Waals surface area contributed by atoms with Crippen molar-refractivity contribution in [2.75, 3.05) is 6.54 Å². The van der Waals surface area contributed by atoms with Crippen molar-refractivity contribution in [1.29, 1.82) is 0 Å². The Bertz CT molecular complexity index is 451. The van der Waals surface area contributed by atoms with E-state index in [9.17, 15) is 14.9 Å². The fourth-order valence-electron chi connectivity index (χ4n) is 1.05. The van der Waals surface area contributed by atoms with Gasteiger partial charge in [0.05, 0.1) is 16.0 Å². The van der Waals surface area contributed by atoms with Crippen LogP contribution in [-0.2, 0) is 4.79 Å². The van der Waals surface area contributed by atoms with Gasteiger partial charge in [0.15, 0.2) is 0 Å². The molecule has 0 amide bonds. The lowest BCUT2D eigenvalue weighted by Crippen LogP contribution is -2.34. The third-order valence-electron chi connectivity index (χ3n) is 1.88. The molecule has 1 atom stereocenters. The maximum absolute atomic E-state index is 10.7. The molecular weight excluding hydrogens is 252 g/mol. The molecule has 1 rings (SSSR count). The lowest BCUT2D eigenvalue weighted by atomic mass is 10.3. The van der Waals surface area contributed by atoms with Gasteiger partial charge in [-0.2, -0.15) is 0 Å². The van der Waals surface area contributed by atoms with Crippen LogP contribution in [0.2, 0.25) is 5.02 Å². The second-order valence-electron chi connectivity index (χ2n) is 3.05. The summed E-state index contributed by atoms with van der Waals surface area (Å²) in [6.07, 6.45) is -1.30. The maximum atomic E-state index is 10.7. The highest BCUT2D eigenvalue weighted by atomic mass is 35.5. The Hall–Kier alpha value is -1.86. The van der Waals surface area contributed by atoms with Gasteiger partial charge in [-0.05, 0) is 6.07 Å². The topological polar surface area (TPSA) is 116 Å². The van der Waals surface area contributed by atoms with Gasteiger partial charge < -0.3 is 15.6 Å². The van der Waals surface area contributed by atoms with Crippen LogP contribution in [0.15, 0.2) is 18.2 Å². The minimum atomic E-state index is -1.30. The van der Waals surface area contributed by atoms with Gasteiger partial charge in [0, 0.05) is 12.6 Å². The molecular formula is C9H9ClN2O5. The molecule has 0 aliphatic heterocycles. The van der Waals surface area contributed by atoms with E-state index in [4.69, 9.17) is 27.2 Å². The molecule has 8 heteroatoms. The Balaban J connectivity index is 3.00. The average Bonchev–Trinajstić information content (AvgIpc) is 2.27. The van der Waals surface area contributed by atoms with Gasteiger partial charge in [-0.1, -0.05) is 11.6 Å². The highest BCUT2D eigenvalue weighted by Crippen LogP contribution is 2.29. The highest BCUT2D eigenvalue weighted by Gasteiger charge is 2.20. The zero-order chi connectivity index (χ0) is 13.0. The number of hydrogen-bond acceptors (Lipinski definition) is 5. The van der Waals surface area contributed by atoms with Crippen LogP contribution in [0.4, 0.5) is 5.69 Å². The van der Waals surface area contributed by atoms with Crippen LogP contribution in [0.1, 0.15) is 0 Å². The van der Waals surface area contributed by atoms with E-state index >= 15 is 0 Å². The summed E-state index contributed by atoms with van der Waals surface area (Å²) in [5.74, 6) is -1.35. The van der Waals surface area contributed by atoms with Crippen LogP contribution in [-0.4, -0.2) is 28.6 Å². The van der Waals surface area contributed by atoms with Crippen LogP contribution < -0.4 is 10.5 Å². The number of aliphatic carboxylic acids is 1. The van der Waals surface area contributed by atoms with Gasteiger partial charge in [0.25, 0.3) is 5.69 Å². The number of nitrogens with two attached hydrogens (primary N) is 1. The standard InChI is InChI=1S/C9H9ClN2O5/c10-6-2-1-5(12(15)16)3-7(6)17-8(4-11)9(13)14/h1-3,8H,4,11H2,(H,13,14). The lowest BCUT2D eigenvalue weighted by Gasteiger charge is -2.13. The van der Waals surface area contributed by atoms with E-state index in [0.717, 1.165) is 6.07 Å². The predicted octanol–water partition coefficient (Wildman–Crippen LogP) is 1.04. The number of non-ortho nitro benzene ring substituents is 1. The predicted molar refractivity (Wildman–Crippen MR) is 59.2 cm³/mol. The Morgan fingerprint density at radius 3 is 2.76 bits per heavy atom. The van der Waals surface area contributed by atoms with Crippen LogP contribution >= 0.6 is 11.6 Å². The van der Waals surface area contributed by atoms with E-state index in [1.54, 1.807) is 0 Å². The number of nitro benzene ring substituents is 1. The molecule has 0 aliphatic carbocycles. The average molecular weight is 261 g/mol. The first-order valence-electron chi connectivity index (χ1n) is 4.49. The summed E-state index contributed by atoms with van der Waals surface area (Å²) in [5, 5.41) is 19.3. The van der Waals surface area contributed by atoms with Gasteiger partial charge in [0.2, 0.25) is 6.10 Å². The number of ether oxygens (including phenoxy) is 1. The number of benzene rings is 1. The first kappa shape index (κ1) is 13.2. The van der Waals surface area contributed by atoms with Crippen molar-refractivity contribution in [3.63, 3.8) is 0 Å². The fourth-order valence-corrected chi connectivity index (χ4v) is 1.21. The molecule has 0 spiro atoms. The number of nitrogens with zero attached hydrogens (tertiary/aromatic N) is 1. The van der Waals surface area contributed by atoms with Gasteiger partial charge in [0.1, 0.15) is 5.75 Å². The van der Waals surface area contributed by atoms with E-state index < -0.39 is 17.0 Å². The molecule has 7 nitrogen and oxygen atoms in total. The number of rotatable bonds is 5. The normalized spacial score (nSPS) is 11.9. The van der Waals surface area contributed by atoms with Crippen molar-refractivity contribution in [2.24, 2.45) is 5.73 Å². The minimum absolute atomic E-state index is 0.0790. The molecule has 0 aliphatic rings. The van der Waals surface area contributed by atoms with Crippen LogP contribution in [0.5, 0.6) is 5.75 Å². The minimum Gasteiger partial charge on any atom is -0.478 e. The Kier molecular flexibility index (Phi) is 4.24. The quantitative estimate of drug-likeness (QED) is 0.603. The number of halogens is 1. The van der Waals surface area contributed by atoms with Crippen LogP contribution in [0.3, 0.4) is 0 Å². The highest BCUT2D eigenvalue weighted by molar-refractivity contribution is 6.32. The largest absolute Gasteiger partial charge is 0.478 e. The SMILES string of the molecule is NCC(Oc1cc([N+](=O)[O-])ccc1Cl)C(=O)O. The van der Waals surface area contributed by atoms with Gasteiger partial charge in [-0.25, -0.2) is 4.79 Å². The zero-order valence-corrected chi connectivity index (χ0v) is 9.26. The first-order valence-corrected chi connectivity index (χ1v) is 4.87. The summed E-state index contributed by atoms with van der Waals surface area (Å²) in [7, 11) is 0. The summed E-state index contributed by atoms with van der Waals surface area (Å²) in [6, 6.07) is 3.49. The van der Waals surface area contributed by atoms with Crippen molar-refractivity contribution < 1.29 is 19.6 Å². The van der Waals surface area contributed by atoms with Crippen molar-refractivity contribution in [3.8, 4) is 5.75 Å². The van der Waals surface area contributed by atoms with E-state index in [1.807, 2.05) is 0 Å². The second kappa shape index (κ2) is 5.46. The van der Waals surface area contributed by atoms with Crippen LogP contribution in [0.25, 0.3) is 0 Å². The third-order valence-corrected chi connectivity index (χ3v) is 2.20. The Morgan fingerprint density at radius 2 is 2.29 bits per heavy atom. The molecule has 0 heterocycles. The number of carbonyl (C=O) groups is 1. The molecule has 0 saturated heterocycles. The summed E-state index contributed by atoms with van der Waals surface area (Å²) >= 11 is 5.73. The second-order valence-corrected chi connectivity index (χ2v) is 3.46. The molecule has 1 aromatic rings. The molecule has 92 valence electrons. The smallest absolute Gasteiger partial charge is 0.346 e. The summed E-state index contributed by atoms with van der Waals surface area (Å²) < 4.78 is 4.99. The van der Waals surface area contributed by atoms with E-state index in [2.05, 4.69) is 0 Å². The molecule has 0 bridgehead atoms. The van der Waals surface area contributed by atoms with Gasteiger partial charge in [-0.15, -0.1) is 0 Å². The van der Waals surface area contributed by atoms with Crippen molar-refractivity contribution in [2.45, 2.75) is 6.10 Å².